The van der Waals surface area contributed by atoms with Gasteiger partial charge in [0.05, 0.1) is 17.3 Å². The van der Waals surface area contributed by atoms with E-state index in [2.05, 4.69) is 0 Å². The minimum Gasteiger partial charge on any atom is -0.402 e. The molecule has 4 N–H and O–H groups in total. The van der Waals surface area contributed by atoms with Crippen LogP contribution < -0.4 is 0 Å². The minimum absolute atomic E-state index is 0.362. The van der Waals surface area contributed by atoms with Crippen molar-refractivity contribution >= 4 is 7.32 Å². The van der Waals surface area contributed by atoms with E-state index in [1.807, 2.05) is 27.7 Å². The molecule has 0 saturated heterocycles. The van der Waals surface area contributed by atoms with Crippen LogP contribution in [0.5, 0.6) is 0 Å². The fraction of sp³-hybridized carbons (Fsp3) is 1.00. The Kier molecular flexibility index (Phi) is 6.65. The van der Waals surface area contributed by atoms with Crippen molar-refractivity contribution in [2.75, 3.05) is 0 Å². The Labute approximate surface area is 104 Å². The van der Waals surface area contributed by atoms with Gasteiger partial charge in [-0.2, -0.15) is 0 Å². The fourth-order valence-corrected chi connectivity index (χ4v) is 1.57. The minimum atomic E-state index is -2.17. The Bertz CT molecular complexity index is 204. The molecule has 1 aliphatic rings. The molecule has 0 aromatic rings. The van der Waals surface area contributed by atoms with Crippen molar-refractivity contribution in [1.29, 1.82) is 0 Å². The van der Waals surface area contributed by atoms with Crippen LogP contribution in [0.3, 0.4) is 0 Å². The smallest absolute Gasteiger partial charge is 0.402 e. The molecule has 0 atom stereocenters. The van der Waals surface area contributed by atoms with Gasteiger partial charge in [-0.3, -0.25) is 0 Å². The molecule has 0 aromatic carbocycles. The van der Waals surface area contributed by atoms with E-state index >= 15 is 0 Å². The first kappa shape index (κ1) is 16.9. The van der Waals surface area contributed by atoms with Gasteiger partial charge in [-0.25, -0.2) is 0 Å². The number of hydrogen-bond acceptors (Lipinski definition) is 5. The second-order valence-electron chi connectivity index (χ2n) is 5.44. The van der Waals surface area contributed by atoms with Gasteiger partial charge >= 0.3 is 7.32 Å². The summed E-state index contributed by atoms with van der Waals surface area (Å²) in [5.74, 6) is 0. The Morgan fingerprint density at radius 3 is 1.65 bits per heavy atom. The highest BCUT2D eigenvalue weighted by Gasteiger charge is 2.38. The van der Waals surface area contributed by atoms with Crippen LogP contribution in [0.15, 0.2) is 0 Å². The summed E-state index contributed by atoms with van der Waals surface area (Å²) < 4.78 is 5.91. The maximum atomic E-state index is 9.88. The van der Waals surface area contributed by atoms with Crippen LogP contribution in [0.1, 0.15) is 53.4 Å². The average Bonchev–Trinajstić information content (AvgIpc) is 2.52. The zero-order valence-electron chi connectivity index (χ0n) is 11.2. The Balaban J connectivity index is 0.000000557. The third kappa shape index (κ3) is 7.01. The first-order valence-electron chi connectivity index (χ1n) is 6.00. The molecule has 1 saturated carbocycles. The van der Waals surface area contributed by atoms with Crippen LogP contribution in [-0.2, 0) is 4.74 Å². The molecule has 1 rings (SSSR count). The molecule has 102 valence electrons. The van der Waals surface area contributed by atoms with Crippen molar-refractivity contribution < 1.29 is 24.9 Å². The highest BCUT2D eigenvalue weighted by molar-refractivity contribution is 6.30. The van der Waals surface area contributed by atoms with Crippen molar-refractivity contribution in [1.82, 2.24) is 0 Å². The van der Waals surface area contributed by atoms with E-state index in [0.29, 0.717) is 6.10 Å². The molecule has 5 nitrogen and oxygen atoms in total. The molecule has 0 aromatic heterocycles. The van der Waals surface area contributed by atoms with Crippen molar-refractivity contribution in [2.45, 2.75) is 70.7 Å². The lowest BCUT2D eigenvalue weighted by Crippen LogP contribution is -2.48. The average molecular weight is 248 g/mol. The monoisotopic (exact) mass is 248 g/mol. The molecule has 1 aliphatic carbocycles. The molecule has 0 amide bonds. The quantitative estimate of drug-likeness (QED) is 0.544. The molecular weight excluding hydrogens is 223 g/mol. The van der Waals surface area contributed by atoms with Gasteiger partial charge < -0.3 is 24.9 Å². The summed E-state index contributed by atoms with van der Waals surface area (Å²) in [5.41, 5.74) is -1.21. The number of ether oxygens (including phenoxy) is 1. The van der Waals surface area contributed by atoms with Gasteiger partial charge in [0.2, 0.25) is 0 Å². The second-order valence-corrected chi connectivity index (χ2v) is 5.44. The van der Waals surface area contributed by atoms with Gasteiger partial charge in [0.1, 0.15) is 0 Å². The predicted octanol–water partition coefficient (Wildman–Crippen LogP) is 0.443. The van der Waals surface area contributed by atoms with Crippen LogP contribution in [0.4, 0.5) is 0 Å². The Hall–Kier alpha value is -0.135. The summed E-state index contributed by atoms with van der Waals surface area (Å²) in [6.07, 6.45) is 5.21. The number of aliphatic hydroxyl groups is 1. The highest BCUT2D eigenvalue weighted by Crippen LogP contribution is 2.31. The van der Waals surface area contributed by atoms with Crippen LogP contribution in [0, 0.1) is 0 Å². The topological polar surface area (TPSA) is 90.2 Å². The van der Waals surface area contributed by atoms with Gasteiger partial charge in [-0.15, -0.1) is 0 Å². The van der Waals surface area contributed by atoms with Crippen molar-refractivity contribution in [2.24, 2.45) is 0 Å². The molecule has 0 bridgehead atoms. The normalized spacial score (nSPS) is 17.6. The van der Waals surface area contributed by atoms with Gasteiger partial charge in [-0.1, -0.05) is 12.8 Å². The van der Waals surface area contributed by atoms with Crippen molar-refractivity contribution in [3.05, 3.63) is 0 Å². The predicted molar refractivity (Wildman–Crippen MR) is 66.1 cm³/mol. The third-order valence-corrected chi connectivity index (χ3v) is 3.24. The summed E-state index contributed by atoms with van der Waals surface area (Å²) in [7, 11) is -2.17. The summed E-state index contributed by atoms with van der Waals surface area (Å²) in [6, 6.07) is 0. The summed E-state index contributed by atoms with van der Waals surface area (Å²) in [4.78, 5) is 0. The lowest BCUT2D eigenvalue weighted by molar-refractivity contribution is -0.172. The van der Waals surface area contributed by atoms with Crippen molar-refractivity contribution in [3.63, 3.8) is 0 Å². The summed E-state index contributed by atoms with van der Waals surface area (Å²) in [6.45, 7) is 7.54. The molecule has 0 aliphatic heterocycles. The third-order valence-electron chi connectivity index (χ3n) is 3.24. The molecule has 0 spiro atoms. The van der Waals surface area contributed by atoms with E-state index in [1.165, 1.54) is 12.8 Å². The second kappa shape index (κ2) is 6.71. The van der Waals surface area contributed by atoms with Crippen molar-refractivity contribution in [3.8, 4) is 0 Å². The van der Waals surface area contributed by atoms with Crippen LogP contribution in [-0.4, -0.2) is 44.8 Å². The van der Waals surface area contributed by atoms with E-state index in [-0.39, 0.29) is 0 Å². The van der Waals surface area contributed by atoms with Gasteiger partial charge in [0, 0.05) is 0 Å². The van der Waals surface area contributed by atoms with Gasteiger partial charge in [-0.05, 0) is 40.5 Å². The fourth-order valence-electron chi connectivity index (χ4n) is 1.57. The Morgan fingerprint density at radius 1 is 1.00 bits per heavy atom. The van der Waals surface area contributed by atoms with E-state index in [0.717, 1.165) is 12.8 Å². The van der Waals surface area contributed by atoms with Crippen LogP contribution >= 0.6 is 0 Å². The van der Waals surface area contributed by atoms with Gasteiger partial charge in [0.25, 0.3) is 0 Å². The first-order chi connectivity index (χ1) is 7.56. The van der Waals surface area contributed by atoms with E-state index in [1.54, 1.807) is 0 Å². The molecule has 0 unspecified atom stereocenters. The maximum Gasteiger partial charge on any atom is 0.631 e. The standard InChI is InChI=1S/C11H22O2.BH3O3/c1-10(2,12)11(3,4)13-9-7-5-6-8-9;2-1(3)4/h9,12H,5-8H2,1-4H3;2-4H. The largest absolute Gasteiger partial charge is 0.631 e. The zero-order valence-corrected chi connectivity index (χ0v) is 11.2. The maximum absolute atomic E-state index is 9.88. The first-order valence-corrected chi connectivity index (χ1v) is 6.00. The lowest BCUT2D eigenvalue weighted by Gasteiger charge is -2.39. The SMILES string of the molecule is CC(C)(O)C(C)(C)OC1CCCC1.OB(O)O. The Morgan fingerprint density at radius 2 is 1.35 bits per heavy atom. The van der Waals surface area contributed by atoms with E-state index < -0.39 is 18.5 Å². The molecular formula is C11H25BO5. The van der Waals surface area contributed by atoms with E-state index in [9.17, 15) is 5.11 Å². The van der Waals surface area contributed by atoms with Crippen LogP contribution in [0.2, 0.25) is 0 Å². The highest BCUT2D eigenvalue weighted by atomic mass is 16.5. The molecule has 6 heteroatoms. The number of hydrogen-bond donors (Lipinski definition) is 4. The lowest BCUT2D eigenvalue weighted by atomic mass is 9.89. The molecule has 1 fully saturated rings. The van der Waals surface area contributed by atoms with E-state index in [4.69, 9.17) is 19.8 Å². The molecule has 0 radical (unpaired) electrons. The summed E-state index contributed by atoms with van der Waals surface area (Å²) >= 11 is 0. The molecule has 17 heavy (non-hydrogen) atoms. The van der Waals surface area contributed by atoms with Gasteiger partial charge in [0.15, 0.2) is 0 Å². The van der Waals surface area contributed by atoms with Crippen LogP contribution in [0.25, 0.3) is 0 Å². The zero-order chi connectivity index (χ0) is 13.7. The number of rotatable bonds is 3. The molecule has 0 heterocycles. The summed E-state index contributed by atoms with van der Waals surface area (Å²) in [5, 5.41) is 31.4.